The second kappa shape index (κ2) is 5.65. The van der Waals surface area contributed by atoms with E-state index in [2.05, 4.69) is 12.0 Å². The van der Waals surface area contributed by atoms with Gasteiger partial charge in [-0.05, 0) is 33.1 Å². The van der Waals surface area contributed by atoms with Crippen LogP contribution in [0, 0.1) is 0 Å². The van der Waals surface area contributed by atoms with Gasteiger partial charge in [0.05, 0.1) is 17.4 Å². The van der Waals surface area contributed by atoms with Gasteiger partial charge in [0.1, 0.15) is 0 Å². The number of aliphatic hydroxyl groups excluding tert-OH is 1. The summed E-state index contributed by atoms with van der Waals surface area (Å²) in [7, 11) is 3.59. The highest BCUT2D eigenvalue weighted by molar-refractivity contribution is 5.19. The molecule has 0 saturated carbocycles. The Bertz CT molecular complexity index is 358. The van der Waals surface area contributed by atoms with Gasteiger partial charge in [-0.15, -0.1) is 0 Å². The molecule has 0 saturated heterocycles. The minimum Gasteiger partial charge on any atom is -0.388 e. The van der Waals surface area contributed by atoms with Crippen molar-refractivity contribution in [3.63, 3.8) is 0 Å². The molecule has 1 N–H and O–H groups in total. The van der Waals surface area contributed by atoms with Gasteiger partial charge in [0.25, 0.3) is 0 Å². The predicted octanol–water partition coefficient (Wildman–Crippen LogP) is 2.22. The molecule has 1 atom stereocenters. The Balaban J connectivity index is 2.66. The smallest absolute Gasteiger partial charge is 0.0824 e. The molecule has 0 aliphatic rings. The zero-order chi connectivity index (χ0) is 13.1. The molecular formula is C13H24N2O2. The number of rotatable bonds is 6. The Morgan fingerprint density at radius 2 is 2.18 bits per heavy atom. The van der Waals surface area contributed by atoms with Gasteiger partial charge in [-0.2, -0.15) is 5.10 Å². The first kappa shape index (κ1) is 14.2. The molecule has 17 heavy (non-hydrogen) atoms. The van der Waals surface area contributed by atoms with Crippen molar-refractivity contribution in [2.45, 2.75) is 51.7 Å². The topological polar surface area (TPSA) is 47.3 Å². The van der Waals surface area contributed by atoms with E-state index in [-0.39, 0.29) is 5.60 Å². The Morgan fingerprint density at radius 3 is 2.71 bits per heavy atom. The largest absolute Gasteiger partial charge is 0.388 e. The summed E-state index contributed by atoms with van der Waals surface area (Å²) in [4.78, 5) is 0. The van der Waals surface area contributed by atoms with E-state index in [0.717, 1.165) is 24.1 Å². The van der Waals surface area contributed by atoms with Gasteiger partial charge in [0.2, 0.25) is 0 Å². The molecule has 98 valence electrons. The summed E-state index contributed by atoms with van der Waals surface area (Å²) in [5.41, 5.74) is 1.74. The molecule has 4 heteroatoms. The fraction of sp³-hybridized carbons (Fsp3) is 0.769. The van der Waals surface area contributed by atoms with E-state index in [1.54, 1.807) is 11.8 Å². The highest BCUT2D eigenvalue weighted by Crippen LogP contribution is 2.26. The van der Waals surface area contributed by atoms with E-state index < -0.39 is 6.10 Å². The second-order valence-corrected chi connectivity index (χ2v) is 5.08. The minimum absolute atomic E-state index is 0.185. The molecule has 4 nitrogen and oxygen atoms in total. The van der Waals surface area contributed by atoms with Crippen LogP contribution in [-0.2, 0) is 18.2 Å². The van der Waals surface area contributed by atoms with Crippen molar-refractivity contribution in [1.82, 2.24) is 9.78 Å². The molecule has 0 amide bonds. The van der Waals surface area contributed by atoms with Crippen molar-refractivity contribution in [2.75, 3.05) is 7.11 Å². The fourth-order valence-corrected chi connectivity index (χ4v) is 1.85. The number of hydrogen-bond acceptors (Lipinski definition) is 3. The Kier molecular flexibility index (Phi) is 4.71. The molecular weight excluding hydrogens is 216 g/mol. The highest BCUT2D eigenvalue weighted by atomic mass is 16.5. The van der Waals surface area contributed by atoms with Crippen LogP contribution in [0.15, 0.2) is 6.20 Å². The Labute approximate surface area is 104 Å². The van der Waals surface area contributed by atoms with Gasteiger partial charge >= 0.3 is 0 Å². The van der Waals surface area contributed by atoms with E-state index in [0.29, 0.717) is 6.42 Å². The van der Waals surface area contributed by atoms with Crippen molar-refractivity contribution in [2.24, 2.45) is 7.05 Å². The van der Waals surface area contributed by atoms with Crippen molar-refractivity contribution < 1.29 is 9.84 Å². The number of methoxy groups -OCH3 is 1. The molecule has 1 heterocycles. The lowest BCUT2D eigenvalue weighted by Crippen LogP contribution is -2.23. The maximum atomic E-state index is 10.2. The lowest BCUT2D eigenvalue weighted by molar-refractivity contribution is 0.00271. The van der Waals surface area contributed by atoms with Gasteiger partial charge in [-0.3, -0.25) is 4.68 Å². The van der Waals surface area contributed by atoms with Gasteiger partial charge in [0.15, 0.2) is 0 Å². The summed E-state index contributed by atoms with van der Waals surface area (Å²) in [6.07, 6.45) is 3.82. The van der Waals surface area contributed by atoms with Gasteiger partial charge in [-0.25, -0.2) is 0 Å². The Morgan fingerprint density at radius 1 is 1.53 bits per heavy atom. The summed E-state index contributed by atoms with van der Waals surface area (Å²) in [5.74, 6) is 0. The third-order valence-electron chi connectivity index (χ3n) is 3.20. The summed E-state index contributed by atoms with van der Waals surface area (Å²) >= 11 is 0. The van der Waals surface area contributed by atoms with Crippen LogP contribution in [-0.4, -0.2) is 27.6 Å². The lowest BCUT2D eigenvalue weighted by Gasteiger charge is -2.24. The molecule has 0 bridgehead atoms. The number of aliphatic hydroxyl groups is 1. The molecule has 0 radical (unpaired) electrons. The SMILES string of the molecule is CCc1nn(C)cc1C(O)CCC(C)(C)OC. The maximum Gasteiger partial charge on any atom is 0.0824 e. The number of aryl methyl sites for hydroxylation is 2. The average molecular weight is 240 g/mol. The molecule has 1 aromatic heterocycles. The van der Waals surface area contributed by atoms with E-state index in [1.165, 1.54) is 0 Å². The molecule has 0 aliphatic carbocycles. The van der Waals surface area contributed by atoms with Gasteiger partial charge in [0, 0.05) is 25.9 Å². The van der Waals surface area contributed by atoms with Crippen LogP contribution in [0.25, 0.3) is 0 Å². The third kappa shape index (κ3) is 3.82. The summed E-state index contributed by atoms with van der Waals surface area (Å²) < 4.78 is 7.12. The van der Waals surface area contributed by atoms with Crippen LogP contribution in [0.3, 0.4) is 0 Å². The molecule has 1 unspecified atom stereocenters. The van der Waals surface area contributed by atoms with E-state index in [1.807, 2.05) is 27.1 Å². The van der Waals surface area contributed by atoms with Crippen LogP contribution in [0.5, 0.6) is 0 Å². The summed E-state index contributed by atoms with van der Waals surface area (Å²) in [6, 6.07) is 0. The van der Waals surface area contributed by atoms with Crippen molar-refractivity contribution in [3.8, 4) is 0 Å². The maximum absolute atomic E-state index is 10.2. The zero-order valence-electron chi connectivity index (χ0n) is 11.5. The molecule has 0 fully saturated rings. The highest BCUT2D eigenvalue weighted by Gasteiger charge is 2.21. The molecule has 1 aromatic rings. The third-order valence-corrected chi connectivity index (χ3v) is 3.20. The van der Waals surface area contributed by atoms with Crippen molar-refractivity contribution >= 4 is 0 Å². The standard InChI is InChI=1S/C13H24N2O2/c1-6-11-10(9-15(4)14-11)12(16)7-8-13(2,3)17-5/h9,12,16H,6-8H2,1-5H3. The van der Waals surface area contributed by atoms with Crippen LogP contribution < -0.4 is 0 Å². The Hall–Kier alpha value is -0.870. The molecule has 0 aliphatic heterocycles. The van der Waals surface area contributed by atoms with Crippen LogP contribution in [0.1, 0.15) is 51.0 Å². The molecule has 0 aromatic carbocycles. The van der Waals surface area contributed by atoms with E-state index >= 15 is 0 Å². The summed E-state index contributed by atoms with van der Waals surface area (Å²) in [5, 5.41) is 14.5. The van der Waals surface area contributed by atoms with Crippen LogP contribution in [0.4, 0.5) is 0 Å². The van der Waals surface area contributed by atoms with Crippen LogP contribution >= 0.6 is 0 Å². The minimum atomic E-state index is -0.451. The van der Waals surface area contributed by atoms with Gasteiger partial charge in [-0.1, -0.05) is 6.92 Å². The number of nitrogens with zero attached hydrogens (tertiary/aromatic N) is 2. The van der Waals surface area contributed by atoms with Crippen LogP contribution in [0.2, 0.25) is 0 Å². The first-order valence-corrected chi connectivity index (χ1v) is 6.15. The normalized spacial score (nSPS) is 14.0. The summed E-state index contributed by atoms with van der Waals surface area (Å²) in [6.45, 7) is 6.12. The first-order chi connectivity index (χ1) is 7.89. The average Bonchev–Trinajstić information content (AvgIpc) is 2.67. The molecule has 1 rings (SSSR count). The number of ether oxygens (including phenoxy) is 1. The number of hydrogen-bond donors (Lipinski definition) is 1. The van der Waals surface area contributed by atoms with E-state index in [9.17, 15) is 5.11 Å². The molecule has 0 spiro atoms. The zero-order valence-corrected chi connectivity index (χ0v) is 11.5. The fourth-order valence-electron chi connectivity index (χ4n) is 1.85. The van der Waals surface area contributed by atoms with Gasteiger partial charge < -0.3 is 9.84 Å². The monoisotopic (exact) mass is 240 g/mol. The lowest BCUT2D eigenvalue weighted by atomic mass is 9.96. The quantitative estimate of drug-likeness (QED) is 0.829. The van der Waals surface area contributed by atoms with Crippen molar-refractivity contribution in [1.29, 1.82) is 0 Å². The number of aromatic nitrogens is 2. The second-order valence-electron chi connectivity index (χ2n) is 5.08. The van der Waals surface area contributed by atoms with Crippen molar-refractivity contribution in [3.05, 3.63) is 17.5 Å². The van der Waals surface area contributed by atoms with E-state index in [4.69, 9.17) is 4.74 Å². The predicted molar refractivity (Wildman–Crippen MR) is 67.9 cm³/mol. The first-order valence-electron chi connectivity index (χ1n) is 6.15.